The molecule has 0 aromatic heterocycles. The fourth-order valence-electron chi connectivity index (χ4n) is 1.37. The first-order valence-corrected chi connectivity index (χ1v) is 6.87. The van der Waals surface area contributed by atoms with Crippen LogP contribution in [0, 0.1) is 11.3 Å². The fourth-order valence-corrected chi connectivity index (χ4v) is 1.88. The third-order valence-corrected chi connectivity index (χ3v) is 3.05. The van der Waals surface area contributed by atoms with E-state index < -0.39 is 5.91 Å². The van der Waals surface area contributed by atoms with Gasteiger partial charge in [-0.2, -0.15) is 5.26 Å². The lowest BCUT2D eigenvalue weighted by Crippen LogP contribution is -2.24. The van der Waals surface area contributed by atoms with Crippen molar-refractivity contribution in [1.29, 1.82) is 5.26 Å². The van der Waals surface area contributed by atoms with Crippen molar-refractivity contribution < 1.29 is 9.63 Å². The van der Waals surface area contributed by atoms with Crippen LogP contribution in [0.25, 0.3) is 0 Å². The van der Waals surface area contributed by atoms with Crippen LogP contribution < -0.4 is 5.32 Å². The number of oxime groups is 1. The third-order valence-electron chi connectivity index (χ3n) is 2.35. The molecule has 1 aromatic rings. The fraction of sp³-hybridized carbons (Fsp3) is 0.214. The lowest BCUT2D eigenvalue weighted by molar-refractivity contribution is -0.115. The van der Waals surface area contributed by atoms with Crippen LogP contribution in [-0.2, 0) is 16.2 Å². The number of nitriles is 1. The number of halogens is 2. The van der Waals surface area contributed by atoms with Crippen molar-refractivity contribution in [3.63, 3.8) is 0 Å². The standard InChI is InChI=1S/C14H14Cl2N4O2/c1-20(2)7-10(6-17)14(21)18-9-19-22-8-11-12(15)4-3-5-13(11)16/h3-5,7,9H,8H2,1-2H3,(H,18,19,21)/b10-7+. The number of benzene rings is 1. The van der Waals surface area contributed by atoms with Crippen molar-refractivity contribution in [1.82, 2.24) is 10.2 Å². The summed E-state index contributed by atoms with van der Waals surface area (Å²) >= 11 is 11.9. The molecule has 1 rings (SSSR count). The number of hydrogen-bond acceptors (Lipinski definition) is 5. The summed E-state index contributed by atoms with van der Waals surface area (Å²) in [6.07, 6.45) is 2.45. The van der Waals surface area contributed by atoms with Crippen LogP contribution >= 0.6 is 23.2 Å². The van der Waals surface area contributed by atoms with Crippen molar-refractivity contribution in [2.75, 3.05) is 14.1 Å². The van der Waals surface area contributed by atoms with Gasteiger partial charge in [-0.3, -0.25) is 4.79 Å². The molecule has 0 aliphatic rings. The van der Waals surface area contributed by atoms with E-state index in [0.29, 0.717) is 15.6 Å². The minimum absolute atomic E-state index is 0.0504. The molecule has 0 radical (unpaired) electrons. The smallest absolute Gasteiger partial charge is 0.268 e. The number of nitrogens with zero attached hydrogens (tertiary/aromatic N) is 3. The topological polar surface area (TPSA) is 77.7 Å². The van der Waals surface area contributed by atoms with Gasteiger partial charge in [0.25, 0.3) is 5.91 Å². The molecule has 8 heteroatoms. The van der Waals surface area contributed by atoms with Crippen molar-refractivity contribution in [2.24, 2.45) is 5.16 Å². The predicted molar refractivity (Wildman–Crippen MR) is 85.3 cm³/mol. The van der Waals surface area contributed by atoms with E-state index in [4.69, 9.17) is 33.3 Å². The van der Waals surface area contributed by atoms with Gasteiger partial charge in [0.15, 0.2) is 0 Å². The predicted octanol–water partition coefficient (Wildman–Crippen LogP) is 2.54. The Bertz CT molecular complexity index is 616. The summed E-state index contributed by atoms with van der Waals surface area (Å²) in [5.74, 6) is -0.584. The summed E-state index contributed by atoms with van der Waals surface area (Å²) in [6.45, 7) is 0.0590. The van der Waals surface area contributed by atoms with Crippen LogP contribution in [-0.4, -0.2) is 31.2 Å². The van der Waals surface area contributed by atoms with E-state index in [-0.39, 0.29) is 12.2 Å². The van der Waals surface area contributed by atoms with Crippen molar-refractivity contribution in [2.45, 2.75) is 6.61 Å². The Labute approximate surface area is 138 Å². The van der Waals surface area contributed by atoms with Crippen LogP contribution in [0.1, 0.15) is 5.56 Å². The van der Waals surface area contributed by atoms with Crippen LogP contribution in [0.4, 0.5) is 0 Å². The normalized spacial score (nSPS) is 11.1. The van der Waals surface area contributed by atoms with E-state index in [9.17, 15) is 4.79 Å². The Morgan fingerprint density at radius 1 is 1.45 bits per heavy atom. The maximum Gasteiger partial charge on any atom is 0.268 e. The molecule has 0 fully saturated rings. The Hall–Kier alpha value is -2.23. The molecule has 0 bridgehead atoms. The molecule has 0 spiro atoms. The van der Waals surface area contributed by atoms with Crippen molar-refractivity contribution in [3.05, 3.63) is 45.6 Å². The zero-order valence-electron chi connectivity index (χ0n) is 12.0. The third kappa shape index (κ3) is 5.64. The average Bonchev–Trinajstić information content (AvgIpc) is 2.46. The number of rotatable bonds is 6. The molecular formula is C14H14Cl2N4O2. The molecule has 1 amide bonds. The molecule has 0 atom stereocenters. The van der Waals surface area contributed by atoms with Gasteiger partial charge >= 0.3 is 0 Å². The zero-order chi connectivity index (χ0) is 16.5. The highest BCUT2D eigenvalue weighted by atomic mass is 35.5. The lowest BCUT2D eigenvalue weighted by atomic mass is 10.2. The molecule has 0 saturated heterocycles. The van der Waals surface area contributed by atoms with Gasteiger partial charge in [-0.15, -0.1) is 0 Å². The van der Waals surface area contributed by atoms with Crippen LogP contribution in [0.3, 0.4) is 0 Å². The Morgan fingerprint density at radius 2 is 2.09 bits per heavy atom. The molecule has 0 saturated carbocycles. The minimum atomic E-state index is -0.584. The quantitative estimate of drug-likeness (QED) is 0.284. The van der Waals surface area contributed by atoms with E-state index in [1.54, 1.807) is 43.3 Å². The number of carbonyl (C=O) groups is 1. The number of hydrogen-bond donors (Lipinski definition) is 1. The maximum absolute atomic E-state index is 11.6. The lowest BCUT2D eigenvalue weighted by Gasteiger charge is -2.06. The second-order valence-corrected chi connectivity index (χ2v) is 5.11. The second-order valence-electron chi connectivity index (χ2n) is 4.30. The molecule has 0 unspecified atom stereocenters. The van der Waals surface area contributed by atoms with Gasteiger partial charge in [0.2, 0.25) is 0 Å². The number of amides is 1. The molecule has 116 valence electrons. The Balaban J connectivity index is 2.51. The molecule has 0 aliphatic carbocycles. The van der Waals surface area contributed by atoms with Crippen LogP contribution in [0.2, 0.25) is 10.0 Å². The molecule has 1 N–H and O–H groups in total. The van der Waals surface area contributed by atoms with Gasteiger partial charge < -0.3 is 15.1 Å². The highest BCUT2D eigenvalue weighted by Gasteiger charge is 2.07. The van der Waals surface area contributed by atoms with E-state index in [0.717, 1.165) is 6.34 Å². The number of carbonyl (C=O) groups excluding carboxylic acids is 1. The summed E-state index contributed by atoms with van der Waals surface area (Å²) < 4.78 is 0. The van der Waals surface area contributed by atoms with Gasteiger partial charge in [0.05, 0.1) is 0 Å². The molecule has 0 heterocycles. The SMILES string of the molecule is CN(C)/C=C(\C#N)C(=O)N/C=N/OCc1c(Cl)cccc1Cl. The molecule has 6 nitrogen and oxygen atoms in total. The van der Waals surface area contributed by atoms with Gasteiger partial charge in [0.1, 0.15) is 24.6 Å². The summed E-state index contributed by atoms with van der Waals surface area (Å²) in [6, 6.07) is 6.87. The van der Waals surface area contributed by atoms with Crippen molar-refractivity contribution >= 4 is 35.4 Å². The Morgan fingerprint density at radius 3 is 2.64 bits per heavy atom. The van der Waals surface area contributed by atoms with Crippen LogP contribution in [0.15, 0.2) is 35.1 Å². The molecule has 22 heavy (non-hydrogen) atoms. The highest BCUT2D eigenvalue weighted by Crippen LogP contribution is 2.24. The molecular weight excluding hydrogens is 327 g/mol. The first kappa shape index (κ1) is 17.8. The van der Waals surface area contributed by atoms with Gasteiger partial charge in [-0.05, 0) is 12.1 Å². The average molecular weight is 341 g/mol. The van der Waals surface area contributed by atoms with Crippen LogP contribution in [0.5, 0.6) is 0 Å². The summed E-state index contributed by atoms with van der Waals surface area (Å²) in [5, 5.41) is 15.7. The highest BCUT2D eigenvalue weighted by molar-refractivity contribution is 6.35. The summed E-state index contributed by atoms with van der Waals surface area (Å²) in [7, 11) is 3.41. The van der Waals surface area contributed by atoms with E-state index in [1.807, 2.05) is 0 Å². The van der Waals surface area contributed by atoms with Gasteiger partial charge in [-0.1, -0.05) is 34.4 Å². The largest absolute Gasteiger partial charge is 0.390 e. The maximum atomic E-state index is 11.6. The van der Waals surface area contributed by atoms with E-state index >= 15 is 0 Å². The van der Waals surface area contributed by atoms with E-state index in [1.165, 1.54) is 6.20 Å². The Kier molecular flexibility index (Phi) is 7.23. The summed E-state index contributed by atoms with van der Waals surface area (Å²) in [5.41, 5.74) is 0.546. The first-order valence-electron chi connectivity index (χ1n) is 6.11. The zero-order valence-corrected chi connectivity index (χ0v) is 13.5. The monoisotopic (exact) mass is 340 g/mol. The molecule has 1 aromatic carbocycles. The first-order chi connectivity index (χ1) is 10.5. The molecule has 0 aliphatic heterocycles. The second kappa shape index (κ2) is 8.93. The summed E-state index contributed by atoms with van der Waals surface area (Å²) in [4.78, 5) is 18.2. The minimum Gasteiger partial charge on any atom is -0.390 e. The van der Waals surface area contributed by atoms with Gasteiger partial charge in [0, 0.05) is 35.9 Å². The van der Waals surface area contributed by atoms with E-state index in [2.05, 4.69) is 10.5 Å². The van der Waals surface area contributed by atoms with Crippen molar-refractivity contribution in [3.8, 4) is 6.07 Å². The number of nitrogens with one attached hydrogen (secondary N) is 1. The van der Waals surface area contributed by atoms with Gasteiger partial charge in [-0.25, -0.2) is 0 Å².